The highest BCUT2D eigenvalue weighted by atomic mass is 16.2. The number of carbonyl (C=O) groups is 1. The average molecular weight is 343 g/mol. The van der Waals surface area contributed by atoms with E-state index >= 15 is 0 Å². The molecule has 3 heterocycles. The van der Waals surface area contributed by atoms with Crippen LogP contribution >= 0.6 is 0 Å². The van der Waals surface area contributed by atoms with Crippen LogP contribution in [0.2, 0.25) is 0 Å². The number of hydrogen-bond acceptors (Lipinski definition) is 6. The van der Waals surface area contributed by atoms with E-state index in [4.69, 9.17) is 0 Å². The Morgan fingerprint density at radius 2 is 2.00 bits per heavy atom. The fourth-order valence-electron chi connectivity index (χ4n) is 2.90. The van der Waals surface area contributed by atoms with E-state index in [0.717, 1.165) is 45.0 Å². The van der Waals surface area contributed by atoms with Crippen molar-refractivity contribution in [3.63, 3.8) is 0 Å². The molecule has 0 saturated carbocycles. The minimum atomic E-state index is 0.225. The van der Waals surface area contributed by atoms with E-state index in [-0.39, 0.29) is 5.91 Å². The molecule has 2 aromatic rings. The summed E-state index contributed by atoms with van der Waals surface area (Å²) in [5.74, 6) is 1.85. The van der Waals surface area contributed by atoms with Gasteiger partial charge in [-0.05, 0) is 18.6 Å². The van der Waals surface area contributed by atoms with E-state index in [1.165, 1.54) is 0 Å². The Morgan fingerprint density at radius 3 is 2.68 bits per heavy atom. The molecule has 0 spiro atoms. The van der Waals surface area contributed by atoms with Gasteiger partial charge < -0.3 is 14.7 Å². The first-order valence-corrected chi connectivity index (χ1v) is 8.64. The standard InChI is InChI=1S/C17H25N7O/c1-21(2)17-18-8-6-15(20-17)22-11-13-23(14-12-22)16(25)5-3-9-24-10-4-7-19-24/h4,6-8,10H,3,5,9,11-14H2,1-2H3. The monoisotopic (exact) mass is 343 g/mol. The predicted octanol–water partition coefficient (Wildman–Crippen LogP) is 0.868. The quantitative estimate of drug-likeness (QED) is 0.775. The molecule has 0 bridgehead atoms. The van der Waals surface area contributed by atoms with Gasteiger partial charge in [-0.3, -0.25) is 9.48 Å². The number of rotatable bonds is 6. The van der Waals surface area contributed by atoms with Crippen molar-refractivity contribution >= 4 is 17.7 Å². The van der Waals surface area contributed by atoms with Crippen LogP contribution in [-0.4, -0.2) is 70.8 Å². The van der Waals surface area contributed by atoms with Crippen molar-refractivity contribution < 1.29 is 4.79 Å². The van der Waals surface area contributed by atoms with Crippen LogP contribution in [0.15, 0.2) is 30.7 Å². The SMILES string of the molecule is CN(C)c1nccc(N2CCN(C(=O)CCCn3cccn3)CC2)n1. The molecule has 25 heavy (non-hydrogen) atoms. The van der Waals surface area contributed by atoms with Crippen LogP contribution in [-0.2, 0) is 11.3 Å². The average Bonchev–Trinajstić information content (AvgIpc) is 3.15. The highest BCUT2D eigenvalue weighted by molar-refractivity contribution is 5.76. The Labute approximate surface area is 148 Å². The third-order valence-corrected chi connectivity index (χ3v) is 4.32. The van der Waals surface area contributed by atoms with Gasteiger partial charge in [-0.25, -0.2) is 4.98 Å². The molecule has 0 unspecified atom stereocenters. The van der Waals surface area contributed by atoms with E-state index in [1.807, 2.05) is 46.9 Å². The molecule has 1 saturated heterocycles. The van der Waals surface area contributed by atoms with Gasteiger partial charge in [0.2, 0.25) is 11.9 Å². The maximum atomic E-state index is 12.4. The van der Waals surface area contributed by atoms with Gasteiger partial charge >= 0.3 is 0 Å². The molecule has 0 atom stereocenters. The number of nitrogens with zero attached hydrogens (tertiary/aromatic N) is 7. The van der Waals surface area contributed by atoms with Crippen molar-refractivity contribution in [1.82, 2.24) is 24.6 Å². The van der Waals surface area contributed by atoms with E-state index in [1.54, 1.807) is 12.4 Å². The van der Waals surface area contributed by atoms with Crippen molar-refractivity contribution in [2.75, 3.05) is 50.1 Å². The molecule has 0 aliphatic carbocycles. The number of amides is 1. The third kappa shape index (κ3) is 4.46. The van der Waals surface area contributed by atoms with E-state index in [2.05, 4.69) is 20.0 Å². The molecule has 0 aromatic carbocycles. The first kappa shape index (κ1) is 17.2. The van der Waals surface area contributed by atoms with Gasteiger partial charge in [-0.2, -0.15) is 10.1 Å². The lowest BCUT2D eigenvalue weighted by atomic mass is 10.2. The Morgan fingerprint density at radius 1 is 1.20 bits per heavy atom. The zero-order chi connectivity index (χ0) is 17.6. The van der Waals surface area contributed by atoms with Gasteiger partial charge in [0.1, 0.15) is 5.82 Å². The normalized spacial score (nSPS) is 14.6. The summed E-state index contributed by atoms with van der Waals surface area (Å²) in [6, 6.07) is 3.82. The largest absolute Gasteiger partial charge is 0.353 e. The number of piperazine rings is 1. The fourth-order valence-corrected chi connectivity index (χ4v) is 2.90. The second-order valence-corrected chi connectivity index (χ2v) is 6.35. The van der Waals surface area contributed by atoms with Crippen LogP contribution in [0.4, 0.5) is 11.8 Å². The zero-order valence-corrected chi connectivity index (χ0v) is 14.9. The molecule has 1 amide bonds. The van der Waals surface area contributed by atoms with E-state index in [0.29, 0.717) is 12.4 Å². The summed E-state index contributed by atoms with van der Waals surface area (Å²) in [5.41, 5.74) is 0. The molecular weight excluding hydrogens is 318 g/mol. The van der Waals surface area contributed by atoms with Gasteiger partial charge in [0.05, 0.1) is 0 Å². The second-order valence-electron chi connectivity index (χ2n) is 6.35. The maximum Gasteiger partial charge on any atom is 0.226 e. The minimum absolute atomic E-state index is 0.225. The predicted molar refractivity (Wildman–Crippen MR) is 96.6 cm³/mol. The van der Waals surface area contributed by atoms with Crippen LogP contribution in [0.5, 0.6) is 0 Å². The smallest absolute Gasteiger partial charge is 0.226 e. The molecule has 1 aliphatic heterocycles. The van der Waals surface area contributed by atoms with Crippen molar-refractivity contribution in [2.45, 2.75) is 19.4 Å². The minimum Gasteiger partial charge on any atom is -0.353 e. The van der Waals surface area contributed by atoms with E-state index in [9.17, 15) is 4.79 Å². The summed E-state index contributed by atoms with van der Waals surface area (Å²) in [4.78, 5) is 27.2. The molecule has 8 heteroatoms. The summed E-state index contributed by atoms with van der Waals surface area (Å²) >= 11 is 0. The van der Waals surface area contributed by atoms with Crippen LogP contribution in [0.1, 0.15) is 12.8 Å². The van der Waals surface area contributed by atoms with Crippen molar-refractivity contribution in [1.29, 1.82) is 0 Å². The Kier molecular flexibility index (Phi) is 5.47. The van der Waals surface area contributed by atoms with Gasteiger partial charge in [-0.15, -0.1) is 0 Å². The fraction of sp³-hybridized carbons (Fsp3) is 0.529. The Balaban J connectivity index is 1.46. The third-order valence-electron chi connectivity index (χ3n) is 4.32. The summed E-state index contributed by atoms with van der Waals surface area (Å²) in [7, 11) is 3.86. The molecular formula is C17H25N7O. The van der Waals surface area contributed by atoms with Crippen LogP contribution in [0.3, 0.4) is 0 Å². The Hall–Kier alpha value is -2.64. The van der Waals surface area contributed by atoms with Crippen molar-refractivity contribution in [2.24, 2.45) is 0 Å². The molecule has 1 aliphatic rings. The number of hydrogen-bond donors (Lipinski definition) is 0. The zero-order valence-electron chi connectivity index (χ0n) is 14.9. The Bertz CT molecular complexity index is 678. The second kappa shape index (κ2) is 7.96. The first-order valence-electron chi connectivity index (χ1n) is 8.64. The van der Waals surface area contributed by atoms with Gasteiger partial charge in [0.25, 0.3) is 0 Å². The molecule has 0 N–H and O–H groups in total. The number of aryl methyl sites for hydroxylation is 1. The first-order chi connectivity index (χ1) is 12.1. The summed E-state index contributed by atoms with van der Waals surface area (Å²) < 4.78 is 1.86. The molecule has 134 valence electrons. The number of anilines is 2. The van der Waals surface area contributed by atoms with Crippen molar-refractivity contribution in [3.05, 3.63) is 30.7 Å². The lowest BCUT2D eigenvalue weighted by Crippen LogP contribution is -2.49. The number of carbonyl (C=O) groups excluding carboxylic acids is 1. The van der Waals surface area contributed by atoms with Crippen LogP contribution < -0.4 is 9.80 Å². The number of aromatic nitrogens is 4. The summed E-state index contributed by atoms with van der Waals surface area (Å²) in [5, 5.41) is 4.16. The molecule has 0 radical (unpaired) electrons. The van der Waals surface area contributed by atoms with Crippen molar-refractivity contribution in [3.8, 4) is 0 Å². The lowest BCUT2D eigenvalue weighted by molar-refractivity contribution is -0.131. The summed E-state index contributed by atoms with van der Waals surface area (Å²) in [6.45, 7) is 3.86. The molecule has 8 nitrogen and oxygen atoms in total. The highest BCUT2D eigenvalue weighted by Gasteiger charge is 2.22. The highest BCUT2D eigenvalue weighted by Crippen LogP contribution is 2.16. The molecule has 1 fully saturated rings. The van der Waals surface area contributed by atoms with Gasteiger partial charge in [0.15, 0.2) is 0 Å². The summed E-state index contributed by atoms with van der Waals surface area (Å²) in [6.07, 6.45) is 6.85. The maximum absolute atomic E-state index is 12.4. The lowest BCUT2D eigenvalue weighted by Gasteiger charge is -2.35. The van der Waals surface area contributed by atoms with E-state index < -0.39 is 0 Å². The molecule has 3 rings (SSSR count). The topological polar surface area (TPSA) is 70.4 Å². The van der Waals surface area contributed by atoms with Gasteiger partial charge in [0, 0.05) is 71.8 Å². The van der Waals surface area contributed by atoms with Crippen LogP contribution in [0.25, 0.3) is 0 Å². The van der Waals surface area contributed by atoms with Crippen LogP contribution in [0, 0.1) is 0 Å². The molecule has 2 aromatic heterocycles. The van der Waals surface area contributed by atoms with Gasteiger partial charge in [-0.1, -0.05) is 0 Å².